The number of nitrogens with zero attached hydrogens (tertiary/aromatic N) is 2. The van der Waals surface area contributed by atoms with Crippen LogP contribution in [0.2, 0.25) is 0 Å². The quantitative estimate of drug-likeness (QED) is 0.754. The molecular weight excluding hydrogens is 340 g/mol. The Morgan fingerprint density at radius 2 is 1.52 bits per heavy atom. The van der Waals surface area contributed by atoms with Crippen LogP contribution in [0.4, 0.5) is 0 Å². The van der Waals surface area contributed by atoms with E-state index in [-0.39, 0.29) is 0 Å². The molecule has 152 valence electrons. The summed E-state index contributed by atoms with van der Waals surface area (Å²) in [5.41, 5.74) is 1.25. The molecule has 0 radical (unpaired) electrons. The van der Waals surface area contributed by atoms with Crippen molar-refractivity contribution in [3.8, 4) is 11.5 Å². The van der Waals surface area contributed by atoms with Gasteiger partial charge in [0.1, 0.15) is 12.7 Å². The normalized spacial score (nSPS) is 20.8. The number of likely N-dealkylation sites (tertiary alicyclic amines) is 2. The van der Waals surface area contributed by atoms with E-state index in [2.05, 4.69) is 21.9 Å². The maximum atomic E-state index is 10.4. The highest BCUT2D eigenvalue weighted by molar-refractivity contribution is 5.43. The van der Waals surface area contributed by atoms with E-state index in [0.717, 1.165) is 31.1 Å². The minimum absolute atomic E-state index is 0.306. The molecule has 5 heteroatoms. The molecule has 0 aliphatic carbocycles. The number of piperidine rings is 1. The Hall–Kier alpha value is -1.30. The third-order valence-electron chi connectivity index (χ3n) is 5.68. The van der Waals surface area contributed by atoms with Gasteiger partial charge in [-0.25, -0.2) is 0 Å². The van der Waals surface area contributed by atoms with E-state index in [1.165, 1.54) is 63.6 Å². The lowest BCUT2D eigenvalue weighted by Gasteiger charge is -2.28. The maximum absolute atomic E-state index is 10.4. The summed E-state index contributed by atoms with van der Waals surface area (Å²) in [7, 11) is 1.67. The number of aliphatic hydroxyl groups is 1. The molecule has 0 unspecified atom stereocenters. The lowest BCUT2D eigenvalue weighted by Crippen LogP contribution is -2.38. The van der Waals surface area contributed by atoms with E-state index >= 15 is 0 Å². The van der Waals surface area contributed by atoms with E-state index in [0.29, 0.717) is 13.2 Å². The summed E-state index contributed by atoms with van der Waals surface area (Å²) in [6.07, 6.45) is 8.60. The van der Waals surface area contributed by atoms with Crippen molar-refractivity contribution in [1.82, 2.24) is 9.80 Å². The summed E-state index contributed by atoms with van der Waals surface area (Å²) in [5, 5.41) is 10.4. The smallest absolute Gasteiger partial charge is 0.161 e. The third kappa shape index (κ3) is 6.66. The lowest BCUT2D eigenvalue weighted by atomic mass is 10.1. The summed E-state index contributed by atoms with van der Waals surface area (Å²) >= 11 is 0. The van der Waals surface area contributed by atoms with Crippen LogP contribution in [0.1, 0.15) is 50.5 Å². The molecule has 0 saturated carbocycles. The first-order valence-electron chi connectivity index (χ1n) is 10.7. The number of hydrogen-bond donors (Lipinski definition) is 1. The molecule has 0 aromatic heterocycles. The number of ether oxygens (including phenoxy) is 2. The standard InChI is InChI=1S/C22H36N2O3/c1-26-21-10-9-19(16-23-11-5-2-3-6-12-23)15-22(21)27-18-20(25)17-24-13-7-4-8-14-24/h9-10,15,20,25H,2-8,11-14,16-18H2,1H3/t20-/m1/s1. The molecule has 2 fully saturated rings. The second-order valence-corrected chi connectivity index (χ2v) is 8.00. The van der Waals surface area contributed by atoms with Crippen molar-refractivity contribution in [3.05, 3.63) is 23.8 Å². The second kappa shape index (κ2) is 10.9. The number of β-amino-alcohol motifs (C(OH)–C–C–N with tert-alkyl or cyclic N) is 1. The fraction of sp³-hybridized carbons (Fsp3) is 0.727. The monoisotopic (exact) mass is 376 g/mol. The van der Waals surface area contributed by atoms with Gasteiger partial charge >= 0.3 is 0 Å². The Balaban J connectivity index is 1.54. The van der Waals surface area contributed by atoms with Crippen LogP contribution in [0.25, 0.3) is 0 Å². The van der Waals surface area contributed by atoms with Gasteiger partial charge in [-0.2, -0.15) is 0 Å². The largest absolute Gasteiger partial charge is 0.493 e. The van der Waals surface area contributed by atoms with Gasteiger partial charge in [0.15, 0.2) is 11.5 Å². The predicted molar refractivity (Wildman–Crippen MR) is 109 cm³/mol. The van der Waals surface area contributed by atoms with Crippen LogP contribution in [0, 0.1) is 0 Å². The zero-order valence-electron chi connectivity index (χ0n) is 16.9. The lowest BCUT2D eigenvalue weighted by molar-refractivity contribution is 0.0608. The average Bonchev–Trinajstić information content (AvgIpc) is 2.96. The Morgan fingerprint density at radius 3 is 2.19 bits per heavy atom. The summed E-state index contributed by atoms with van der Waals surface area (Å²) in [6, 6.07) is 6.19. The molecule has 2 heterocycles. The van der Waals surface area contributed by atoms with Crippen molar-refractivity contribution < 1.29 is 14.6 Å². The molecule has 0 bridgehead atoms. The van der Waals surface area contributed by atoms with Gasteiger partial charge in [-0.05, 0) is 69.6 Å². The Morgan fingerprint density at radius 1 is 0.889 bits per heavy atom. The Bertz CT molecular complexity index is 552. The van der Waals surface area contributed by atoms with Crippen molar-refractivity contribution in [3.63, 3.8) is 0 Å². The first-order chi connectivity index (χ1) is 13.2. The number of benzene rings is 1. The Kier molecular flexibility index (Phi) is 8.24. The van der Waals surface area contributed by atoms with E-state index in [4.69, 9.17) is 9.47 Å². The molecule has 2 saturated heterocycles. The third-order valence-corrected chi connectivity index (χ3v) is 5.68. The summed E-state index contributed by atoms with van der Waals surface area (Å²) < 4.78 is 11.4. The zero-order valence-corrected chi connectivity index (χ0v) is 16.9. The van der Waals surface area contributed by atoms with Gasteiger partial charge in [-0.1, -0.05) is 25.3 Å². The van der Waals surface area contributed by atoms with Crippen LogP contribution < -0.4 is 9.47 Å². The minimum atomic E-state index is -0.470. The predicted octanol–water partition coefficient (Wildman–Crippen LogP) is 3.30. The van der Waals surface area contributed by atoms with Gasteiger partial charge in [0.2, 0.25) is 0 Å². The van der Waals surface area contributed by atoms with E-state index in [1.54, 1.807) is 7.11 Å². The van der Waals surface area contributed by atoms with Crippen LogP contribution in [-0.2, 0) is 6.54 Å². The minimum Gasteiger partial charge on any atom is -0.493 e. The number of hydrogen-bond acceptors (Lipinski definition) is 5. The molecule has 27 heavy (non-hydrogen) atoms. The summed E-state index contributed by atoms with van der Waals surface area (Å²) in [5.74, 6) is 1.47. The highest BCUT2D eigenvalue weighted by Gasteiger charge is 2.17. The molecule has 3 rings (SSSR count). The van der Waals surface area contributed by atoms with E-state index in [9.17, 15) is 5.11 Å². The van der Waals surface area contributed by atoms with Crippen molar-refractivity contribution in [2.75, 3.05) is 46.4 Å². The fourth-order valence-corrected chi connectivity index (χ4v) is 4.16. The van der Waals surface area contributed by atoms with Crippen molar-refractivity contribution in [1.29, 1.82) is 0 Å². The number of methoxy groups -OCH3 is 1. The van der Waals surface area contributed by atoms with Gasteiger partial charge in [0.05, 0.1) is 7.11 Å². The first kappa shape index (κ1) is 20.4. The zero-order chi connectivity index (χ0) is 18.9. The Labute approximate surface area is 164 Å². The van der Waals surface area contributed by atoms with Crippen molar-refractivity contribution >= 4 is 0 Å². The van der Waals surface area contributed by atoms with Crippen LogP contribution in [0.5, 0.6) is 11.5 Å². The topological polar surface area (TPSA) is 45.2 Å². The molecule has 2 aliphatic heterocycles. The van der Waals surface area contributed by atoms with Crippen molar-refractivity contribution in [2.24, 2.45) is 0 Å². The molecule has 0 spiro atoms. The van der Waals surface area contributed by atoms with Gasteiger partial charge in [0.25, 0.3) is 0 Å². The van der Waals surface area contributed by atoms with Crippen LogP contribution in [0.15, 0.2) is 18.2 Å². The van der Waals surface area contributed by atoms with Crippen LogP contribution in [-0.4, -0.2) is 67.5 Å². The van der Waals surface area contributed by atoms with Crippen molar-refractivity contribution in [2.45, 2.75) is 57.6 Å². The molecule has 5 nitrogen and oxygen atoms in total. The summed E-state index contributed by atoms with van der Waals surface area (Å²) in [6.45, 7) is 6.48. The SMILES string of the molecule is COc1ccc(CN2CCCCCC2)cc1OC[C@H](O)CN1CCCCC1. The molecule has 1 aromatic carbocycles. The fourth-order valence-electron chi connectivity index (χ4n) is 4.16. The molecule has 1 aromatic rings. The van der Waals surface area contributed by atoms with E-state index in [1.807, 2.05) is 6.07 Å². The highest BCUT2D eigenvalue weighted by atomic mass is 16.5. The number of rotatable bonds is 8. The van der Waals surface area contributed by atoms with E-state index < -0.39 is 6.10 Å². The molecule has 1 atom stereocenters. The van der Waals surface area contributed by atoms with Crippen LogP contribution in [0.3, 0.4) is 0 Å². The summed E-state index contributed by atoms with van der Waals surface area (Å²) in [4.78, 5) is 4.87. The second-order valence-electron chi connectivity index (χ2n) is 8.00. The maximum Gasteiger partial charge on any atom is 0.161 e. The molecular formula is C22H36N2O3. The van der Waals surface area contributed by atoms with Gasteiger partial charge in [-0.15, -0.1) is 0 Å². The number of aliphatic hydroxyl groups excluding tert-OH is 1. The van der Waals surface area contributed by atoms with Gasteiger partial charge in [-0.3, -0.25) is 4.90 Å². The molecule has 0 amide bonds. The van der Waals surface area contributed by atoms with Gasteiger partial charge < -0.3 is 19.5 Å². The highest BCUT2D eigenvalue weighted by Crippen LogP contribution is 2.29. The molecule has 2 aliphatic rings. The van der Waals surface area contributed by atoms with Gasteiger partial charge in [0, 0.05) is 13.1 Å². The average molecular weight is 377 g/mol. The first-order valence-corrected chi connectivity index (χ1v) is 10.7. The molecule has 1 N–H and O–H groups in total. The van der Waals surface area contributed by atoms with Crippen LogP contribution >= 0.6 is 0 Å².